The summed E-state index contributed by atoms with van der Waals surface area (Å²) >= 11 is 0. The summed E-state index contributed by atoms with van der Waals surface area (Å²) in [7, 11) is 0. The second-order valence-electron chi connectivity index (χ2n) is 7.08. The summed E-state index contributed by atoms with van der Waals surface area (Å²) in [5.74, 6) is -0.925. The Morgan fingerprint density at radius 2 is 1.18 bits per heavy atom. The number of aliphatic hydroxyl groups excluding tert-OH is 2. The first kappa shape index (κ1) is 19.8. The Bertz CT molecular complexity index is 864. The van der Waals surface area contributed by atoms with Crippen LogP contribution >= 0.6 is 0 Å². The normalized spacial score (nSPS) is 30.5. The maximum absolute atomic E-state index is 13.3. The molecular formula is C20H18F2N4O2. The summed E-state index contributed by atoms with van der Waals surface area (Å²) in [6.07, 6.45) is 3.08. The van der Waals surface area contributed by atoms with Crippen molar-refractivity contribution < 1.29 is 19.0 Å². The lowest BCUT2D eigenvalue weighted by atomic mass is 9.72. The van der Waals surface area contributed by atoms with Crippen molar-refractivity contribution in [1.82, 2.24) is 9.97 Å². The molecule has 2 saturated carbocycles. The van der Waals surface area contributed by atoms with Crippen molar-refractivity contribution in [3.63, 3.8) is 0 Å². The number of hydrogen-bond donors (Lipinski definition) is 2. The van der Waals surface area contributed by atoms with Gasteiger partial charge in [-0.2, -0.15) is 0 Å². The highest BCUT2D eigenvalue weighted by Crippen LogP contribution is 2.45. The van der Waals surface area contributed by atoms with Gasteiger partial charge in [-0.05, 0) is 24.3 Å². The van der Waals surface area contributed by atoms with Gasteiger partial charge in [0.05, 0.1) is 37.9 Å². The summed E-state index contributed by atoms with van der Waals surface area (Å²) < 4.78 is 26.7. The fourth-order valence-electron chi connectivity index (χ4n) is 3.57. The Morgan fingerprint density at radius 1 is 0.821 bits per heavy atom. The minimum Gasteiger partial charge on any atom is -0.392 e. The van der Waals surface area contributed by atoms with Crippen LogP contribution < -0.4 is 0 Å². The minimum absolute atomic E-state index is 0.167. The lowest BCUT2D eigenvalue weighted by molar-refractivity contribution is 0.0361. The zero-order chi connectivity index (χ0) is 20.4. The summed E-state index contributed by atoms with van der Waals surface area (Å²) in [5, 5.41) is 18.3. The van der Waals surface area contributed by atoms with Gasteiger partial charge in [-0.25, -0.2) is 31.9 Å². The van der Waals surface area contributed by atoms with Crippen molar-refractivity contribution in [2.24, 2.45) is 0 Å². The lowest BCUT2D eigenvalue weighted by Crippen LogP contribution is -2.43. The number of nitrogens with zero attached hydrogens (tertiary/aromatic N) is 4. The average Bonchev–Trinajstić information content (AvgIpc) is 2.64. The SMILES string of the molecule is [C-]#[N+]C1(c2ncccc2F)CC(O)C1.[C-]#[N+]C1(c2ncccc2F)CC(O)C1. The molecule has 2 aromatic rings. The molecule has 2 aliphatic rings. The van der Waals surface area contributed by atoms with Crippen LogP contribution in [0.15, 0.2) is 36.7 Å². The molecule has 2 fully saturated rings. The molecule has 144 valence electrons. The van der Waals surface area contributed by atoms with Crippen molar-refractivity contribution in [2.45, 2.75) is 49.0 Å². The fraction of sp³-hybridized carbons (Fsp3) is 0.400. The number of hydrogen-bond acceptors (Lipinski definition) is 4. The molecular weight excluding hydrogens is 366 g/mol. The van der Waals surface area contributed by atoms with Crippen LogP contribution in [0.2, 0.25) is 0 Å². The van der Waals surface area contributed by atoms with E-state index in [-0.39, 0.29) is 37.1 Å². The first-order valence-corrected chi connectivity index (χ1v) is 8.71. The van der Waals surface area contributed by atoms with E-state index in [4.69, 9.17) is 13.1 Å². The van der Waals surface area contributed by atoms with Gasteiger partial charge in [0.1, 0.15) is 0 Å². The monoisotopic (exact) mass is 384 g/mol. The van der Waals surface area contributed by atoms with Crippen LogP contribution in [0.1, 0.15) is 37.1 Å². The predicted octanol–water partition coefficient (Wildman–Crippen LogP) is 2.98. The second kappa shape index (κ2) is 7.59. The smallest absolute Gasteiger partial charge is 0.281 e. The maximum atomic E-state index is 13.3. The molecule has 2 aliphatic carbocycles. The molecule has 0 amide bonds. The summed E-state index contributed by atoms with van der Waals surface area (Å²) in [6.45, 7) is 14.1. The topological polar surface area (TPSA) is 75.0 Å². The molecule has 0 saturated heterocycles. The fourth-order valence-corrected chi connectivity index (χ4v) is 3.57. The summed E-state index contributed by atoms with van der Waals surface area (Å²) in [6, 6.07) is 5.57. The highest BCUT2D eigenvalue weighted by atomic mass is 19.1. The summed E-state index contributed by atoms with van der Waals surface area (Å²) in [5.41, 5.74) is -1.52. The number of halogens is 2. The third kappa shape index (κ3) is 3.45. The van der Waals surface area contributed by atoms with Crippen LogP contribution in [0.3, 0.4) is 0 Å². The van der Waals surface area contributed by atoms with E-state index in [1.54, 1.807) is 0 Å². The van der Waals surface area contributed by atoms with Crippen LogP contribution in [0, 0.1) is 24.8 Å². The first-order valence-electron chi connectivity index (χ1n) is 8.71. The van der Waals surface area contributed by atoms with Crippen LogP contribution in [0.25, 0.3) is 9.69 Å². The molecule has 2 heterocycles. The maximum Gasteiger partial charge on any atom is 0.281 e. The largest absolute Gasteiger partial charge is 0.392 e. The van der Waals surface area contributed by atoms with Gasteiger partial charge < -0.3 is 19.9 Å². The van der Waals surface area contributed by atoms with Crippen molar-refractivity contribution in [1.29, 1.82) is 0 Å². The van der Waals surface area contributed by atoms with Crippen LogP contribution in [-0.4, -0.2) is 32.4 Å². The second-order valence-corrected chi connectivity index (χ2v) is 7.08. The molecule has 2 aromatic heterocycles. The number of aromatic nitrogens is 2. The Hall–Kier alpha value is -2.94. The van der Waals surface area contributed by atoms with Crippen molar-refractivity contribution >= 4 is 0 Å². The zero-order valence-electron chi connectivity index (χ0n) is 14.9. The van der Waals surface area contributed by atoms with Gasteiger partial charge in [0.15, 0.2) is 23.0 Å². The van der Waals surface area contributed by atoms with Crippen molar-refractivity contribution in [3.05, 3.63) is 82.5 Å². The molecule has 0 bridgehead atoms. The van der Waals surface area contributed by atoms with Crippen molar-refractivity contribution in [3.8, 4) is 0 Å². The molecule has 2 N–H and O–H groups in total. The third-order valence-electron chi connectivity index (χ3n) is 5.12. The highest BCUT2D eigenvalue weighted by Gasteiger charge is 2.55. The standard InChI is InChI=1S/2C10H9FN2O/c2*1-12-10(5-7(14)6-10)9-8(11)3-2-4-13-9/h2*2-4,7,14H,5-6H2. The molecule has 0 aromatic carbocycles. The minimum atomic E-state index is -0.926. The predicted molar refractivity (Wildman–Crippen MR) is 95.4 cm³/mol. The van der Waals surface area contributed by atoms with Gasteiger partial charge in [-0.15, -0.1) is 0 Å². The number of aliphatic hydroxyl groups is 2. The molecule has 0 radical (unpaired) electrons. The Balaban J connectivity index is 0.000000161. The molecule has 0 aliphatic heterocycles. The quantitative estimate of drug-likeness (QED) is 0.781. The molecule has 8 heteroatoms. The molecule has 28 heavy (non-hydrogen) atoms. The van der Waals surface area contributed by atoms with Gasteiger partial charge in [-0.1, -0.05) is 0 Å². The zero-order valence-corrected chi connectivity index (χ0v) is 14.9. The Kier molecular flexibility index (Phi) is 5.37. The molecule has 0 spiro atoms. The average molecular weight is 384 g/mol. The van der Waals surface area contributed by atoms with E-state index in [1.165, 1.54) is 36.7 Å². The highest BCUT2D eigenvalue weighted by molar-refractivity contribution is 5.28. The van der Waals surface area contributed by atoms with E-state index < -0.39 is 34.9 Å². The number of rotatable bonds is 2. The van der Waals surface area contributed by atoms with Crippen LogP contribution in [0.5, 0.6) is 0 Å². The lowest BCUT2D eigenvalue weighted by Gasteiger charge is -2.33. The van der Waals surface area contributed by atoms with E-state index in [9.17, 15) is 19.0 Å². The van der Waals surface area contributed by atoms with Gasteiger partial charge >= 0.3 is 0 Å². The Labute approximate surface area is 161 Å². The van der Waals surface area contributed by atoms with E-state index in [0.29, 0.717) is 0 Å². The van der Waals surface area contributed by atoms with E-state index in [0.717, 1.165) is 0 Å². The molecule has 6 nitrogen and oxygen atoms in total. The van der Waals surface area contributed by atoms with Gasteiger partial charge in [-0.3, -0.25) is 0 Å². The molecule has 0 unspecified atom stereocenters. The van der Waals surface area contributed by atoms with E-state index in [1.807, 2.05) is 0 Å². The Morgan fingerprint density at radius 3 is 1.43 bits per heavy atom. The van der Waals surface area contributed by atoms with Gasteiger partial charge in [0.2, 0.25) is 0 Å². The first-order chi connectivity index (χ1) is 13.4. The van der Waals surface area contributed by atoms with E-state index in [2.05, 4.69) is 19.7 Å². The van der Waals surface area contributed by atoms with Crippen molar-refractivity contribution in [2.75, 3.05) is 0 Å². The van der Waals surface area contributed by atoms with E-state index >= 15 is 0 Å². The molecule has 0 atom stereocenters. The van der Waals surface area contributed by atoms with Crippen LogP contribution in [-0.2, 0) is 11.1 Å². The van der Waals surface area contributed by atoms with Gasteiger partial charge in [0.25, 0.3) is 11.1 Å². The van der Waals surface area contributed by atoms with Gasteiger partial charge in [0, 0.05) is 12.4 Å². The molecule has 4 rings (SSSR count). The number of pyridine rings is 2. The van der Waals surface area contributed by atoms with Crippen LogP contribution in [0.4, 0.5) is 8.78 Å². The summed E-state index contributed by atoms with van der Waals surface area (Å²) in [4.78, 5) is 14.5. The third-order valence-corrected chi connectivity index (χ3v) is 5.12.